The molecule has 1 saturated heterocycles. The smallest absolute Gasteiger partial charge is 0.107 e. The van der Waals surface area contributed by atoms with Gasteiger partial charge in [-0.05, 0) is 67.4 Å². The summed E-state index contributed by atoms with van der Waals surface area (Å²) in [6.07, 6.45) is 6.39. The molecule has 0 amide bonds. The molecular formula is C27H36N4S. The number of rotatable bonds is 9. The highest BCUT2D eigenvalue weighted by atomic mass is 32.1. The number of piperidine rings is 1. The van der Waals surface area contributed by atoms with Crippen LogP contribution in [0.3, 0.4) is 0 Å². The number of aryl methyl sites for hydroxylation is 1. The van der Waals surface area contributed by atoms with Crippen LogP contribution in [-0.2, 0) is 19.6 Å². The van der Waals surface area contributed by atoms with Crippen molar-refractivity contribution in [2.75, 3.05) is 19.6 Å². The van der Waals surface area contributed by atoms with Crippen LogP contribution in [0.25, 0.3) is 0 Å². The van der Waals surface area contributed by atoms with E-state index in [0.717, 1.165) is 32.1 Å². The average molecular weight is 449 g/mol. The number of hydrogen-bond donors (Lipinski definition) is 0. The molecule has 1 aliphatic heterocycles. The van der Waals surface area contributed by atoms with E-state index in [-0.39, 0.29) is 0 Å². The molecule has 0 aliphatic carbocycles. The third-order valence-corrected chi connectivity index (χ3v) is 7.38. The van der Waals surface area contributed by atoms with E-state index in [4.69, 9.17) is 4.98 Å². The Labute approximate surface area is 197 Å². The molecule has 0 N–H and O–H groups in total. The first-order valence-corrected chi connectivity index (χ1v) is 12.8. The van der Waals surface area contributed by atoms with Crippen molar-refractivity contribution >= 4 is 11.3 Å². The van der Waals surface area contributed by atoms with E-state index >= 15 is 0 Å². The molecule has 0 bridgehead atoms. The molecule has 0 saturated carbocycles. The maximum absolute atomic E-state index is 4.90. The van der Waals surface area contributed by atoms with Crippen molar-refractivity contribution in [3.8, 4) is 0 Å². The molecule has 1 aliphatic rings. The van der Waals surface area contributed by atoms with Crippen molar-refractivity contribution in [3.05, 3.63) is 81.6 Å². The van der Waals surface area contributed by atoms with Crippen molar-refractivity contribution in [1.82, 2.24) is 19.8 Å². The summed E-state index contributed by atoms with van der Waals surface area (Å²) in [5.41, 5.74) is 5.37. The van der Waals surface area contributed by atoms with Gasteiger partial charge in [-0.3, -0.25) is 14.8 Å². The van der Waals surface area contributed by atoms with Crippen LogP contribution in [0.1, 0.15) is 60.0 Å². The van der Waals surface area contributed by atoms with Crippen LogP contribution < -0.4 is 0 Å². The molecular weight excluding hydrogens is 412 g/mol. The normalized spacial score (nSPS) is 15.7. The number of aromatic nitrogens is 2. The van der Waals surface area contributed by atoms with E-state index in [1.807, 2.05) is 18.5 Å². The molecule has 32 heavy (non-hydrogen) atoms. The van der Waals surface area contributed by atoms with Gasteiger partial charge in [0.2, 0.25) is 0 Å². The summed E-state index contributed by atoms with van der Waals surface area (Å²) in [7, 11) is 0. The van der Waals surface area contributed by atoms with Crippen LogP contribution in [0.5, 0.6) is 0 Å². The van der Waals surface area contributed by atoms with Crippen molar-refractivity contribution in [1.29, 1.82) is 0 Å². The molecule has 5 heteroatoms. The maximum Gasteiger partial charge on any atom is 0.107 e. The van der Waals surface area contributed by atoms with Crippen molar-refractivity contribution < 1.29 is 0 Å². The summed E-state index contributed by atoms with van der Waals surface area (Å²) < 4.78 is 0. The van der Waals surface area contributed by atoms with Crippen molar-refractivity contribution in [2.24, 2.45) is 5.92 Å². The highest BCUT2D eigenvalue weighted by Crippen LogP contribution is 2.24. The van der Waals surface area contributed by atoms with E-state index in [2.05, 4.69) is 71.3 Å². The molecule has 3 heterocycles. The SMILES string of the molecule is Cc1ccccc1CN1CCC(CN(Cc2cccnc2)Cc2nc(C(C)C)cs2)CC1. The highest BCUT2D eigenvalue weighted by Gasteiger charge is 2.23. The van der Waals surface area contributed by atoms with Gasteiger partial charge in [0.15, 0.2) is 0 Å². The zero-order chi connectivity index (χ0) is 22.3. The molecule has 4 nitrogen and oxygen atoms in total. The highest BCUT2D eigenvalue weighted by molar-refractivity contribution is 7.09. The van der Waals surface area contributed by atoms with Crippen molar-refractivity contribution in [3.63, 3.8) is 0 Å². The molecule has 0 atom stereocenters. The van der Waals surface area contributed by atoms with Gasteiger partial charge < -0.3 is 0 Å². The molecule has 0 unspecified atom stereocenters. The minimum atomic E-state index is 0.490. The second-order valence-electron chi connectivity index (χ2n) is 9.50. The maximum atomic E-state index is 4.90. The van der Waals surface area contributed by atoms with Gasteiger partial charge in [-0.1, -0.05) is 44.2 Å². The van der Waals surface area contributed by atoms with E-state index < -0.39 is 0 Å². The molecule has 0 radical (unpaired) electrons. The van der Waals surface area contributed by atoms with Gasteiger partial charge in [0.1, 0.15) is 5.01 Å². The Morgan fingerprint density at radius 2 is 1.91 bits per heavy atom. The van der Waals surface area contributed by atoms with Crippen LogP contribution in [0.15, 0.2) is 54.2 Å². The Kier molecular flexibility index (Phi) is 8.06. The number of thiazole rings is 1. The van der Waals surface area contributed by atoms with E-state index in [9.17, 15) is 0 Å². The van der Waals surface area contributed by atoms with E-state index in [1.165, 1.54) is 53.3 Å². The molecule has 2 aromatic heterocycles. The van der Waals surface area contributed by atoms with Gasteiger partial charge in [-0.15, -0.1) is 11.3 Å². The number of benzene rings is 1. The predicted octanol–water partition coefficient (Wildman–Crippen LogP) is 5.88. The Morgan fingerprint density at radius 1 is 1.09 bits per heavy atom. The molecule has 0 spiro atoms. The third-order valence-electron chi connectivity index (χ3n) is 6.53. The second-order valence-corrected chi connectivity index (χ2v) is 10.4. The number of hydrogen-bond acceptors (Lipinski definition) is 5. The first kappa shape index (κ1) is 23.1. The molecule has 4 rings (SSSR count). The van der Waals surface area contributed by atoms with Crippen LogP contribution >= 0.6 is 11.3 Å². The fraction of sp³-hybridized carbons (Fsp3) is 0.481. The van der Waals surface area contributed by atoms with Gasteiger partial charge in [0.25, 0.3) is 0 Å². The minimum absolute atomic E-state index is 0.490. The Morgan fingerprint density at radius 3 is 2.59 bits per heavy atom. The van der Waals surface area contributed by atoms with Crippen LogP contribution in [0, 0.1) is 12.8 Å². The summed E-state index contributed by atoms with van der Waals surface area (Å²) in [6, 6.07) is 13.0. The third kappa shape index (κ3) is 6.47. The van der Waals surface area contributed by atoms with Gasteiger partial charge >= 0.3 is 0 Å². The molecule has 170 valence electrons. The van der Waals surface area contributed by atoms with E-state index in [1.54, 1.807) is 11.3 Å². The van der Waals surface area contributed by atoms with Gasteiger partial charge in [0.05, 0.1) is 12.2 Å². The Bertz CT molecular complexity index is 961. The van der Waals surface area contributed by atoms with Crippen LogP contribution in [0.2, 0.25) is 0 Å². The van der Waals surface area contributed by atoms with Gasteiger partial charge in [-0.2, -0.15) is 0 Å². The number of nitrogens with zero attached hydrogens (tertiary/aromatic N) is 4. The fourth-order valence-corrected chi connectivity index (χ4v) is 5.51. The Balaban J connectivity index is 1.35. The number of likely N-dealkylation sites (tertiary alicyclic amines) is 1. The molecule has 3 aromatic rings. The molecule has 1 fully saturated rings. The number of pyridine rings is 1. The molecule has 1 aromatic carbocycles. The lowest BCUT2D eigenvalue weighted by molar-refractivity contribution is 0.131. The van der Waals surface area contributed by atoms with Crippen LogP contribution in [0.4, 0.5) is 0 Å². The topological polar surface area (TPSA) is 32.3 Å². The Hall–Kier alpha value is -2.08. The fourth-order valence-electron chi connectivity index (χ4n) is 4.51. The second kappa shape index (κ2) is 11.2. The standard InChI is InChI=1S/C27H36N4S/c1-21(2)26-20-32-27(29-26)19-31(17-24-8-6-12-28-15-24)16-23-10-13-30(14-11-23)18-25-9-5-4-7-22(25)3/h4-9,12,15,20-21,23H,10-11,13-14,16-19H2,1-3H3. The zero-order valence-corrected chi connectivity index (χ0v) is 20.5. The van der Waals surface area contributed by atoms with Crippen LogP contribution in [-0.4, -0.2) is 39.4 Å². The largest absolute Gasteiger partial charge is 0.299 e. The van der Waals surface area contributed by atoms with Gasteiger partial charge in [-0.25, -0.2) is 4.98 Å². The minimum Gasteiger partial charge on any atom is -0.299 e. The van der Waals surface area contributed by atoms with Gasteiger partial charge in [0, 0.05) is 37.4 Å². The lowest BCUT2D eigenvalue weighted by Gasteiger charge is -2.35. The van der Waals surface area contributed by atoms with Crippen molar-refractivity contribution in [2.45, 2.75) is 59.2 Å². The first-order chi connectivity index (χ1) is 15.6. The zero-order valence-electron chi connectivity index (χ0n) is 19.7. The first-order valence-electron chi connectivity index (χ1n) is 11.9. The van der Waals surface area contributed by atoms with E-state index in [0.29, 0.717) is 5.92 Å². The summed E-state index contributed by atoms with van der Waals surface area (Å²) in [5, 5.41) is 3.46. The summed E-state index contributed by atoms with van der Waals surface area (Å²) in [4.78, 5) is 14.4. The summed E-state index contributed by atoms with van der Waals surface area (Å²) >= 11 is 1.81. The summed E-state index contributed by atoms with van der Waals surface area (Å²) in [6.45, 7) is 13.1. The lowest BCUT2D eigenvalue weighted by atomic mass is 9.95. The quantitative estimate of drug-likeness (QED) is 0.409. The summed E-state index contributed by atoms with van der Waals surface area (Å²) in [5.74, 6) is 1.23. The average Bonchev–Trinajstić information content (AvgIpc) is 3.26. The monoisotopic (exact) mass is 448 g/mol. The predicted molar refractivity (Wildman–Crippen MR) is 134 cm³/mol. The lowest BCUT2D eigenvalue weighted by Crippen LogP contribution is -2.38.